The normalized spacial score (nSPS) is 13.8. The number of fused-ring (bicyclic) bond motifs is 4. The summed E-state index contributed by atoms with van der Waals surface area (Å²) in [6.45, 7) is 0. The second kappa shape index (κ2) is 7.18. The van der Waals surface area contributed by atoms with Crippen LogP contribution in [0.2, 0.25) is 0 Å². The molecule has 1 N–H and O–H groups in total. The first-order chi connectivity index (χ1) is 13.3. The number of anilines is 1. The Morgan fingerprint density at radius 1 is 1.15 bits per heavy atom. The number of carbonyl (C=O) groups is 1. The molecule has 0 bridgehead atoms. The number of thiazole rings is 1. The van der Waals surface area contributed by atoms with E-state index in [4.69, 9.17) is 0 Å². The van der Waals surface area contributed by atoms with Crippen LogP contribution in [0.15, 0.2) is 35.6 Å². The predicted octanol–water partition coefficient (Wildman–Crippen LogP) is 4.91. The molecule has 3 aromatic heterocycles. The quantitative estimate of drug-likeness (QED) is 0.381. The molecule has 1 aliphatic rings. The molecule has 0 saturated carbocycles. The fraction of sp³-hybridized carbons (Fsp3) is 0.263. The molecule has 0 radical (unpaired) electrons. The number of thioether (sulfide) groups is 1. The van der Waals surface area contributed by atoms with Gasteiger partial charge in [-0.25, -0.2) is 15.0 Å². The number of rotatable bonds is 4. The molecule has 8 heteroatoms. The van der Waals surface area contributed by atoms with Crippen molar-refractivity contribution in [3.05, 3.63) is 41.0 Å². The van der Waals surface area contributed by atoms with Gasteiger partial charge >= 0.3 is 0 Å². The van der Waals surface area contributed by atoms with Crippen LogP contribution in [0.5, 0.6) is 0 Å². The maximum absolute atomic E-state index is 12.4. The number of para-hydroxylation sites is 1. The van der Waals surface area contributed by atoms with Crippen molar-refractivity contribution in [2.45, 2.75) is 30.7 Å². The Morgan fingerprint density at radius 2 is 2.04 bits per heavy atom. The number of nitrogens with zero attached hydrogens (tertiary/aromatic N) is 3. The van der Waals surface area contributed by atoms with Gasteiger partial charge in [0, 0.05) is 10.3 Å². The largest absolute Gasteiger partial charge is 0.301 e. The van der Waals surface area contributed by atoms with Gasteiger partial charge in [-0.1, -0.05) is 35.2 Å². The number of benzene rings is 1. The molecule has 0 fully saturated rings. The van der Waals surface area contributed by atoms with Gasteiger partial charge in [0.15, 0.2) is 5.13 Å². The lowest BCUT2D eigenvalue weighted by molar-refractivity contribution is -0.113. The van der Waals surface area contributed by atoms with E-state index in [0.29, 0.717) is 10.9 Å². The molecule has 1 aliphatic carbocycles. The van der Waals surface area contributed by atoms with Crippen molar-refractivity contribution < 1.29 is 4.79 Å². The number of hydrogen-bond donors (Lipinski definition) is 1. The van der Waals surface area contributed by atoms with Gasteiger partial charge in [0.25, 0.3) is 0 Å². The van der Waals surface area contributed by atoms with Crippen LogP contribution < -0.4 is 5.32 Å². The van der Waals surface area contributed by atoms with E-state index in [9.17, 15) is 4.79 Å². The molecule has 0 saturated heterocycles. The van der Waals surface area contributed by atoms with Gasteiger partial charge < -0.3 is 5.32 Å². The van der Waals surface area contributed by atoms with E-state index in [1.807, 2.05) is 24.3 Å². The highest BCUT2D eigenvalue weighted by atomic mass is 32.2. The van der Waals surface area contributed by atoms with Crippen LogP contribution in [0, 0.1) is 0 Å². The Labute approximate surface area is 168 Å². The van der Waals surface area contributed by atoms with E-state index in [2.05, 4.69) is 20.3 Å². The third-order valence-corrected chi connectivity index (χ3v) is 7.74. The standard InChI is InChI=1S/C19H16N4OS3/c24-15(23-19-22-12-6-2-4-8-14(12)27-19)9-25-17-16-11-5-1-3-7-13(11)26-18(16)21-10-20-17/h2,4,6,8,10H,1,3,5,7,9H2,(H,22,23,24). The second-order valence-electron chi connectivity index (χ2n) is 6.39. The summed E-state index contributed by atoms with van der Waals surface area (Å²) < 4.78 is 1.07. The summed E-state index contributed by atoms with van der Waals surface area (Å²) in [5, 5.41) is 5.63. The van der Waals surface area contributed by atoms with Gasteiger partial charge in [-0.15, -0.1) is 11.3 Å². The van der Waals surface area contributed by atoms with Gasteiger partial charge in [-0.05, 0) is 43.4 Å². The average Bonchev–Trinajstić information content (AvgIpc) is 3.26. The smallest absolute Gasteiger partial charge is 0.236 e. The molecule has 1 amide bonds. The zero-order valence-electron chi connectivity index (χ0n) is 14.4. The molecule has 0 spiro atoms. The Morgan fingerprint density at radius 3 is 2.96 bits per heavy atom. The number of amides is 1. The number of hydrogen-bond acceptors (Lipinski definition) is 7. The van der Waals surface area contributed by atoms with Crippen LogP contribution in [0.4, 0.5) is 5.13 Å². The Bertz CT molecular complexity index is 1120. The third-order valence-electron chi connectivity index (χ3n) is 4.60. The molecule has 0 atom stereocenters. The van der Waals surface area contributed by atoms with E-state index >= 15 is 0 Å². The van der Waals surface area contributed by atoms with Gasteiger partial charge in [0.2, 0.25) is 5.91 Å². The molecule has 0 unspecified atom stereocenters. The topological polar surface area (TPSA) is 67.8 Å². The number of nitrogens with one attached hydrogen (secondary N) is 1. The van der Waals surface area contributed by atoms with Crippen LogP contribution in [-0.4, -0.2) is 26.6 Å². The minimum Gasteiger partial charge on any atom is -0.301 e. The minimum absolute atomic E-state index is 0.0603. The van der Waals surface area contributed by atoms with E-state index < -0.39 is 0 Å². The first kappa shape index (κ1) is 17.1. The Balaban J connectivity index is 1.33. The van der Waals surface area contributed by atoms with E-state index in [0.717, 1.165) is 38.3 Å². The molecule has 1 aromatic carbocycles. The van der Waals surface area contributed by atoms with Gasteiger partial charge in [-0.3, -0.25) is 4.79 Å². The molecular weight excluding hydrogens is 396 g/mol. The fourth-order valence-corrected chi connectivity index (χ4v) is 6.39. The highest BCUT2D eigenvalue weighted by Gasteiger charge is 2.20. The van der Waals surface area contributed by atoms with Gasteiger partial charge in [0.05, 0.1) is 16.0 Å². The summed E-state index contributed by atoms with van der Waals surface area (Å²) in [6.07, 6.45) is 6.31. The van der Waals surface area contributed by atoms with Crippen LogP contribution in [0.1, 0.15) is 23.3 Å². The van der Waals surface area contributed by atoms with Crippen molar-refractivity contribution in [1.82, 2.24) is 15.0 Å². The molecule has 0 aliphatic heterocycles. The van der Waals surface area contributed by atoms with Crippen molar-refractivity contribution in [3.8, 4) is 0 Å². The SMILES string of the molecule is O=C(CSc1ncnc2sc3c(c12)CCCC3)Nc1nc2ccccc2s1. The number of carbonyl (C=O) groups excluding carboxylic acids is 1. The summed E-state index contributed by atoms with van der Waals surface area (Å²) in [5.41, 5.74) is 2.31. The first-order valence-corrected chi connectivity index (χ1v) is 11.4. The average molecular weight is 413 g/mol. The third kappa shape index (κ3) is 3.33. The maximum Gasteiger partial charge on any atom is 0.236 e. The Hall–Kier alpha value is -2.03. The summed E-state index contributed by atoms with van der Waals surface area (Å²) in [7, 11) is 0. The molecule has 136 valence electrons. The van der Waals surface area contributed by atoms with Crippen molar-refractivity contribution >= 4 is 65.9 Å². The van der Waals surface area contributed by atoms with Crippen LogP contribution in [0.25, 0.3) is 20.4 Å². The maximum atomic E-state index is 12.4. The highest BCUT2D eigenvalue weighted by molar-refractivity contribution is 8.00. The second-order valence-corrected chi connectivity index (χ2v) is 9.47. The van der Waals surface area contributed by atoms with Crippen molar-refractivity contribution in [2.24, 2.45) is 0 Å². The monoisotopic (exact) mass is 412 g/mol. The minimum atomic E-state index is -0.0603. The zero-order chi connectivity index (χ0) is 18.2. The number of aromatic nitrogens is 3. The molecular formula is C19H16N4OS3. The summed E-state index contributed by atoms with van der Waals surface area (Å²) >= 11 is 4.76. The predicted molar refractivity (Wildman–Crippen MR) is 113 cm³/mol. The zero-order valence-corrected chi connectivity index (χ0v) is 16.8. The van der Waals surface area contributed by atoms with E-state index in [1.54, 1.807) is 17.7 Å². The number of aryl methyl sites for hydroxylation is 2. The lowest BCUT2D eigenvalue weighted by atomic mass is 9.97. The van der Waals surface area contributed by atoms with Crippen LogP contribution in [-0.2, 0) is 17.6 Å². The summed E-state index contributed by atoms with van der Waals surface area (Å²) in [5.74, 6) is 0.252. The number of thiophene rings is 1. The van der Waals surface area contributed by atoms with Crippen LogP contribution in [0.3, 0.4) is 0 Å². The summed E-state index contributed by atoms with van der Waals surface area (Å²) in [6, 6.07) is 7.89. The lowest BCUT2D eigenvalue weighted by Gasteiger charge is -2.11. The van der Waals surface area contributed by atoms with Gasteiger partial charge in [0.1, 0.15) is 16.2 Å². The Kier molecular flexibility index (Phi) is 4.55. The van der Waals surface area contributed by atoms with Gasteiger partial charge in [-0.2, -0.15) is 0 Å². The van der Waals surface area contributed by atoms with E-state index in [1.165, 1.54) is 46.4 Å². The fourth-order valence-electron chi connectivity index (χ4n) is 3.39. The van der Waals surface area contributed by atoms with Crippen LogP contribution >= 0.6 is 34.4 Å². The first-order valence-electron chi connectivity index (χ1n) is 8.81. The van der Waals surface area contributed by atoms with Crippen molar-refractivity contribution in [1.29, 1.82) is 0 Å². The highest BCUT2D eigenvalue weighted by Crippen LogP contribution is 2.39. The molecule has 27 heavy (non-hydrogen) atoms. The van der Waals surface area contributed by atoms with Crippen molar-refractivity contribution in [3.63, 3.8) is 0 Å². The lowest BCUT2D eigenvalue weighted by Crippen LogP contribution is -2.14. The molecule has 5 rings (SSSR count). The van der Waals surface area contributed by atoms with Crippen molar-refractivity contribution in [2.75, 3.05) is 11.1 Å². The summed E-state index contributed by atoms with van der Waals surface area (Å²) in [4.78, 5) is 28.3. The molecule has 3 heterocycles. The molecule has 4 aromatic rings. The molecule has 5 nitrogen and oxygen atoms in total. The van der Waals surface area contributed by atoms with E-state index in [-0.39, 0.29) is 5.91 Å².